The molecule has 2 aromatic carbocycles. The zero-order valence-corrected chi connectivity index (χ0v) is 21.2. The minimum absolute atomic E-state index is 0.139. The normalized spacial score (nSPS) is 14.0. The van der Waals surface area contributed by atoms with E-state index in [-0.39, 0.29) is 30.3 Å². The standard InChI is InChI=1S/C26H31N5O3S/c1-19-7-8-20-16-24(28-23(20)15-19)22-17-21(9-10-25(22)31-13-4-5-14-31)35(33,34)30(3)18-26(32)29(2)12-6-11-27/h7-10,15-17,28H,4-6,12-14,18H2,1-3H3. The number of carbonyl (C=O) groups excluding carboxylic acids is 1. The van der Waals surface area contributed by atoms with Crippen LogP contribution in [-0.2, 0) is 14.8 Å². The molecule has 0 aliphatic carbocycles. The van der Waals surface area contributed by atoms with Crippen molar-refractivity contribution < 1.29 is 13.2 Å². The molecule has 1 fully saturated rings. The Hall–Kier alpha value is -3.35. The number of H-pyrrole nitrogens is 1. The summed E-state index contributed by atoms with van der Waals surface area (Å²) in [4.78, 5) is 19.8. The van der Waals surface area contributed by atoms with Crippen molar-refractivity contribution in [2.45, 2.75) is 31.1 Å². The van der Waals surface area contributed by atoms with E-state index in [2.05, 4.69) is 34.1 Å². The number of hydrogen-bond acceptors (Lipinski definition) is 5. The number of aromatic nitrogens is 1. The second kappa shape index (κ2) is 10.1. The van der Waals surface area contributed by atoms with Gasteiger partial charge in [0, 0.05) is 61.6 Å². The maximum Gasteiger partial charge on any atom is 0.243 e. The third kappa shape index (κ3) is 5.19. The highest BCUT2D eigenvalue weighted by Gasteiger charge is 2.27. The zero-order chi connectivity index (χ0) is 25.2. The van der Waals surface area contributed by atoms with Gasteiger partial charge in [-0.05, 0) is 55.7 Å². The Bertz CT molecular complexity index is 1380. The summed E-state index contributed by atoms with van der Waals surface area (Å²) < 4.78 is 27.9. The average Bonchev–Trinajstić information content (AvgIpc) is 3.51. The Morgan fingerprint density at radius 3 is 2.57 bits per heavy atom. The van der Waals surface area contributed by atoms with Crippen molar-refractivity contribution in [1.82, 2.24) is 14.2 Å². The molecule has 4 rings (SSSR count). The Morgan fingerprint density at radius 2 is 1.86 bits per heavy atom. The summed E-state index contributed by atoms with van der Waals surface area (Å²) in [6, 6.07) is 15.5. The summed E-state index contributed by atoms with van der Waals surface area (Å²) in [5, 5.41) is 9.80. The van der Waals surface area contributed by atoms with E-state index in [0.29, 0.717) is 0 Å². The van der Waals surface area contributed by atoms with Crippen molar-refractivity contribution in [3.8, 4) is 17.3 Å². The fraction of sp³-hybridized carbons (Fsp3) is 0.385. The SMILES string of the molecule is Cc1ccc2cc(-c3cc(S(=O)(=O)N(C)CC(=O)N(C)CCC#N)ccc3N3CCCC3)[nH]c2c1. The van der Waals surface area contributed by atoms with Crippen LogP contribution < -0.4 is 4.90 Å². The molecule has 1 N–H and O–H groups in total. The number of nitriles is 1. The third-order valence-electron chi connectivity index (χ3n) is 6.53. The molecule has 0 radical (unpaired) electrons. The number of aromatic amines is 1. The number of fused-ring (bicyclic) bond motifs is 1. The van der Waals surface area contributed by atoms with Gasteiger partial charge in [-0.25, -0.2) is 8.42 Å². The van der Waals surface area contributed by atoms with Crippen LogP contribution >= 0.6 is 0 Å². The summed E-state index contributed by atoms with van der Waals surface area (Å²) >= 11 is 0. The Morgan fingerprint density at radius 1 is 1.11 bits per heavy atom. The predicted molar refractivity (Wildman–Crippen MR) is 138 cm³/mol. The molecular weight excluding hydrogens is 462 g/mol. The molecule has 0 atom stereocenters. The Labute approximate surface area is 206 Å². The first-order valence-corrected chi connectivity index (χ1v) is 13.2. The predicted octanol–water partition coefficient (Wildman–Crippen LogP) is 3.74. The van der Waals surface area contributed by atoms with Gasteiger partial charge in [0.2, 0.25) is 15.9 Å². The van der Waals surface area contributed by atoms with Gasteiger partial charge in [-0.2, -0.15) is 9.57 Å². The lowest BCUT2D eigenvalue weighted by Gasteiger charge is -2.24. The Balaban J connectivity index is 1.70. The molecule has 9 heteroatoms. The van der Waals surface area contributed by atoms with Gasteiger partial charge in [-0.1, -0.05) is 12.1 Å². The van der Waals surface area contributed by atoms with Crippen LogP contribution in [0.5, 0.6) is 0 Å². The van der Waals surface area contributed by atoms with Gasteiger partial charge in [0.25, 0.3) is 0 Å². The van der Waals surface area contributed by atoms with Crippen LogP contribution in [0.2, 0.25) is 0 Å². The molecule has 184 valence electrons. The van der Waals surface area contributed by atoms with Crippen molar-refractivity contribution in [3.05, 3.63) is 48.0 Å². The molecule has 1 aliphatic heterocycles. The molecule has 8 nitrogen and oxygen atoms in total. The van der Waals surface area contributed by atoms with Crippen LogP contribution in [0.15, 0.2) is 47.4 Å². The summed E-state index contributed by atoms with van der Waals surface area (Å²) in [6.45, 7) is 3.87. The molecule has 0 saturated carbocycles. The second-order valence-electron chi connectivity index (χ2n) is 9.13. The number of amides is 1. The molecule has 35 heavy (non-hydrogen) atoms. The largest absolute Gasteiger partial charge is 0.371 e. The molecule has 0 unspecified atom stereocenters. The van der Waals surface area contributed by atoms with Crippen LogP contribution in [0.4, 0.5) is 5.69 Å². The quantitative estimate of drug-likeness (QED) is 0.515. The molecule has 3 aromatic rings. The van der Waals surface area contributed by atoms with Gasteiger partial charge in [0.15, 0.2) is 0 Å². The number of carbonyl (C=O) groups is 1. The summed E-state index contributed by atoms with van der Waals surface area (Å²) in [7, 11) is -0.929. The molecule has 0 spiro atoms. The van der Waals surface area contributed by atoms with Crippen LogP contribution in [0.25, 0.3) is 22.2 Å². The van der Waals surface area contributed by atoms with Crippen LogP contribution in [-0.4, -0.2) is 68.8 Å². The zero-order valence-electron chi connectivity index (χ0n) is 20.4. The number of anilines is 1. The van der Waals surface area contributed by atoms with Crippen molar-refractivity contribution >= 4 is 32.5 Å². The maximum absolute atomic E-state index is 13.4. The molecule has 1 saturated heterocycles. The highest BCUT2D eigenvalue weighted by molar-refractivity contribution is 7.89. The number of sulfonamides is 1. The van der Waals surface area contributed by atoms with E-state index in [9.17, 15) is 13.2 Å². The number of hydrogen-bond donors (Lipinski definition) is 1. The van der Waals surface area contributed by atoms with Crippen molar-refractivity contribution in [2.24, 2.45) is 0 Å². The van der Waals surface area contributed by atoms with Gasteiger partial charge in [0.05, 0.1) is 23.9 Å². The number of nitrogens with one attached hydrogen (secondary N) is 1. The molecule has 2 heterocycles. The highest BCUT2D eigenvalue weighted by Crippen LogP contribution is 2.36. The van der Waals surface area contributed by atoms with E-state index in [1.807, 2.05) is 19.1 Å². The number of aryl methyl sites for hydroxylation is 1. The summed E-state index contributed by atoms with van der Waals surface area (Å²) in [5.41, 5.74) is 4.84. The van der Waals surface area contributed by atoms with Crippen molar-refractivity contribution in [3.63, 3.8) is 0 Å². The van der Waals surface area contributed by atoms with Crippen molar-refractivity contribution in [2.75, 3.05) is 45.2 Å². The third-order valence-corrected chi connectivity index (χ3v) is 8.33. The van der Waals surface area contributed by atoms with E-state index in [0.717, 1.165) is 63.6 Å². The number of rotatable bonds is 8. The van der Waals surface area contributed by atoms with Crippen LogP contribution in [0, 0.1) is 18.3 Å². The first kappa shape index (κ1) is 24.8. The first-order valence-electron chi connectivity index (χ1n) is 11.8. The van der Waals surface area contributed by atoms with E-state index in [1.54, 1.807) is 19.2 Å². The Kier molecular flexibility index (Phi) is 7.15. The number of nitrogens with zero attached hydrogens (tertiary/aromatic N) is 4. The van der Waals surface area contributed by atoms with Gasteiger partial charge in [-0.15, -0.1) is 0 Å². The lowest BCUT2D eigenvalue weighted by molar-refractivity contribution is -0.129. The minimum atomic E-state index is -3.91. The minimum Gasteiger partial charge on any atom is -0.371 e. The van der Waals surface area contributed by atoms with Crippen LogP contribution in [0.1, 0.15) is 24.8 Å². The van der Waals surface area contributed by atoms with Gasteiger partial charge in [-0.3, -0.25) is 4.79 Å². The van der Waals surface area contributed by atoms with E-state index in [1.165, 1.54) is 11.9 Å². The average molecular weight is 494 g/mol. The fourth-order valence-corrected chi connectivity index (χ4v) is 5.58. The summed E-state index contributed by atoms with van der Waals surface area (Å²) in [5.74, 6) is -0.355. The monoisotopic (exact) mass is 493 g/mol. The molecule has 1 aromatic heterocycles. The topological polar surface area (TPSA) is 101 Å². The first-order chi connectivity index (χ1) is 16.7. The van der Waals surface area contributed by atoms with E-state index >= 15 is 0 Å². The van der Waals surface area contributed by atoms with Crippen LogP contribution in [0.3, 0.4) is 0 Å². The van der Waals surface area contributed by atoms with E-state index in [4.69, 9.17) is 5.26 Å². The lowest BCUT2D eigenvalue weighted by Crippen LogP contribution is -2.39. The van der Waals surface area contributed by atoms with Crippen molar-refractivity contribution in [1.29, 1.82) is 5.26 Å². The van der Waals surface area contributed by atoms with Gasteiger partial charge < -0.3 is 14.8 Å². The molecule has 1 amide bonds. The fourth-order valence-electron chi connectivity index (χ4n) is 4.43. The number of likely N-dealkylation sites (N-methyl/N-ethyl adjacent to an activating group) is 2. The van der Waals surface area contributed by atoms with E-state index < -0.39 is 10.0 Å². The maximum atomic E-state index is 13.4. The smallest absolute Gasteiger partial charge is 0.243 e. The second-order valence-corrected chi connectivity index (χ2v) is 11.2. The van der Waals surface area contributed by atoms with Gasteiger partial charge >= 0.3 is 0 Å². The molecular formula is C26H31N5O3S. The summed E-state index contributed by atoms with van der Waals surface area (Å²) in [6.07, 6.45) is 2.41. The number of benzene rings is 2. The lowest BCUT2D eigenvalue weighted by atomic mass is 10.1. The molecule has 0 bridgehead atoms. The van der Waals surface area contributed by atoms with Gasteiger partial charge in [0.1, 0.15) is 0 Å². The molecule has 1 aliphatic rings. The highest BCUT2D eigenvalue weighted by atomic mass is 32.2.